The monoisotopic (exact) mass is 195 g/mol. The molecule has 1 N–H and O–H groups in total. The van der Waals surface area contributed by atoms with E-state index < -0.39 is 5.97 Å². The zero-order chi connectivity index (χ0) is 9.26. The van der Waals surface area contributed by atoms with Gasteiger partial charge in [0, 0.05) is 11.4 Å². The molecule has 3 nitrogen and oxygen atoms in total. The van der Waals surface area contributed by atoms with Gasteiger partial charge in [0.1, 0.15) is 0 Å². The average Bonchev–Trinajstić information content (AvgIpc) is 2.89. The third-order valence-corrected chi connectivity index (χ3v) is 3.06. The number of hydrogen-bond donors (Lipinski definition) is 1. The van der Waals surface area contributed by atoms with Crippen molar-refractivity contribution in [3.63, 3.8) is 0 Å². The van der Waals surface area contributed by atoms with Crippen LogP contribution < -0.4 is 0 Å². The Balaban J connectivity index is 2.15. The summed E-state index contributed by atoms with van der Waals surface area (Å²) in [4.78, 5) is 14.7. The Kier molecular flexibility index (Phi) is 2.22. The maximum absolute atomic E-state index is 10.6. The van der Waals surface area contributed by atoms with E-state index in [1.807, 2.05) is 0 Å². The van der Waals surface area contributed by atoms with Crippen molar-refractivity contribution < 1.29 is 9.90 Å². The molecule has 0 amide bonds. The highest BCUT2D eigenvalue weighted by molar-refractivity contribution is 8.00. The number of pyridine rings is 1. The molecule has 1 aliphatic carbocycles. The van der Waals surface area contributed by atoms with E-state index >= 15 is 0 Å². The van der Waals surface area contributed by atoms with E-state index in [1.54, 1.807) is 24.0 Å². The van der Waals surface area contributed by atoms with Crippen LogP contribution in [0.5, 0.6) is 0 Å². The van der Waals surface area contributed by atoms with E-state index in [-0.39, 0.29) is 0 Å². The third-order valence-electron chi connectivity index (χ3n) is 1.79. The Hall–Kier alpha value is -1.03. The number of carboxylic acids is 1. The Morgan fingerprint density at radius 1 is 1.62 bits per heavy atom. The summed E-state index contributed by atoms with van der Waals surface area (Å²) < 4.78 is 0. The van der Waals surface area contributed by atoms with E-state index in [2.05, 4.69) is 4.98 Å². The van der Waals surface area contributed by atoms with Crippen molar-refractivity contribution in [3.05, 3.63) is 23.9 Å². The zero-order valence-electron chi connectivity index (χ0n) is 6.93. The molecule has 0 aliphatic heterocycles. The van der Waals surface area contributed by atoms with Gasteiger partial charge < -0.3 is 5.11 Å². The topological polar surface area (TPSA) is 50.2 Å². The quantitative estimate of drug-likeness (QED) is 0.801. The van der Waals surface area contributed by atoms with Gasteiger partial charge in [-0.2, -0.15) is 0 Å². The summed E-state index contributed by atoms with van der Waals surface area (Å²) in [5.41, 5.74) is 0.318. The zero-order valence-corrected chi connectivity index (χ0v) is 7.75. The van der Waals surface area contributed by atoms with E-state index in [0.29, 0.717) is 10.8 Å². The molecule has 1 aromatic rings. The van der Waals surface area contributed by atoms with Gasteiger partial charge in [0.05, 0.1) is 10.6 Å². The van der Waals surface area contributed by atoms with Gasteiger partial charge in [-0.05, 0) is 25.0 Å². The molecule has 4 heteroatoms. The number of hydrogen-bond acceptors (Lipinski definition) is 3. The van der Waals surface area contributed by atoms with Crippen LogP contribution in [-0.4, -0.2) is 21.3 Å². The molecule has 0 atom stereocenters. The van der Waals surface area contributed by atoms with Gasteiger partial charge in [-0.25, -0.2) is 9.78 Å². The number of rotatable bonds is 3. The fraction of sp³-hybridized carbons (Fsp3) is 0.333. The third kappa shape index (κ3) is 2.21. The first-order chi connectivity index (χ1) is 6.25. The molecule has 0 bridgehead atoms. The Morgan fingerprint density at radius 3 is 3.00 bits per heavy atom. The van der Waals surface area contributed by atoms with Gasteiger partial charge in [-0.1, -0.05) is 0 Å². The van der Waals surface area contributed by atoms with Gasteiger partial charge in [-0.3, -0.25) is 0 Å². The number of nitrogens with zero attached hydrogens (tertiary/aromatic N) is 1. The van der Waals surface area contributed by atoms with Crippen LogP contribution in [0.2, 0.25) is 0 Å². The molecule has 13 heavy (non-hydrogen) atoms. The van der Waals surface area contributed by atoms with Gasteiger partial charge in [0.15, 0.2) is 0 Å². The number of carboxylic acid groups (broad SMARTS) is 1. The summed E-state index contributed by atoms with van der Waals surface area (Å²) in [7, 11) is 0. The molecule has 68 valence electrons. The van der Waals surface area contributed by atoms with Crippen LogP contribution in [0.4, 0.5) is 0 Å². The standard InChI is InChI=1S/C9H9NO2S/c11-9(12)6-3-4-10-8(5-6)13-7-1-2-7/h3-5,7H,1-2H2,(H,11,12). The number of aromatic carboxylic acids is 1. The van der Waals surface area contributed by atoms with E-state index in [0.717, 1.165) is 5.03 Å². The maximum atomic E-state index is 10.6. The number of thioether (sulfide) groups is 1. The molecule has 0 aromatic carbocycles. The molecule has 1 fully saturated rings. The van der Waals surface area contributed by atoms with Crippen molar-refractivity contribution in [2.75, 3.05) is 0 Å². The lowest BCUT2D eigenvalue weighted by Crippen LogP contribution is -1.96. The largest absolute Gasteiger partial charge is 0.478 e. The van der Waals surface area contributed by atoms with Crippen molar-refractivity contribution in [2.24, 2.45) is 0 Å². The minimum atomic E-state index is -0.889. The van der Waals surface area contributed by atoms with Crippen molar-refractivity contribution in [3.8, 4) is 0 Å². The highest BCUT2D eigenvalue weighted by Crippen LogP contribution is 2.38. The van der Waals surface area contributed by atoms with Gasteiger partial charge in [-0.15, -0.1) is 11.8 Å². The molecule has 0 spiro atoms. The minimum Gasteiger partial charge on any atom is -0.478 e. The lowest BCUT2D eigenvalue weighted by molar-refractivity contribution is 0.0696. The first-order valence-corrected chi connectivity index (χ1v) is 4.99. The van der Waals surface area contributed by atoms with Crippen LogP contribution in [0, 0.1) is 0 Å². The smallest absolute Gasteiger partial charge is 0.335 e. The predicted octanol–water partition coefficient (Wildman–Crippen LogP) is 2.03. The van der Waals surface area contributed by atoms with E-state index in [9.17, 15) is 4.79 Å². The second-order valence-electron chi connectivity index (χ2n) is 3.01. The Labute approximate surface area is 80.2 Å². The molecule has 0 saturated heterocycles. The molecule has 1 heterocycles. The second kappa shape index (κ2) is 3.38. The van der Waals surface area contributed by atoms with E-state index in [1.165, 1.54) is 18.9 Å². The van der Waals surface area contributed by atoms with Crippen LogP contribution in [0.15, 0.2) is 23.4 Å². The van der Waals surface area contributed by atoms with Gasteiger partial charge in [0.2, 0.25) is 0 Å². The summed E-state index contributed by atoms with van der Waals surface area (Å²) in [6, 6.07) is 3.14. The molecule has 1 aromatic heterocycles. The lowest BCUT2D eigenvalue weighted by atomic mass is 10.3. The average molecular weight is 195 g/mol. The molecule has 1 aliphatic rings. The van der Waals surface area contributed by atoms with Gasteiger partial charge >= 0.3 is 5.97 Å². The Morgan fingerprint density at radius 2 is 2.38 bits per heavy atom. The van der Waals surface area contributed by atoms with Crippen LogP contribution in [-0.2, 0) is 0 Å². The molecular formula is C9H9NO2S. The first-order valence-electron chi connectivity index (χ1n) is 4.12. The summed E-state index contributed by atoms with van der Waals surface area (Å²) in [5, 5.41) is 10.2. The highest BCUT2D eigenvalue weighted by Gasteiger charge is 2.23. The highest BCUT2D eigenvalue weighted by atomic mass is 32.2. The number of aromatic nitrogens is 1. The normalized spacial score (nSPS) is 15.7. The van der Waals surface area contributed by atoms with Crippen molar-refractivity contribution in [2.45, 2.75) is 23.1 Å². The fourth-order valence-corrected chi connectivity index (χ4v) is 1.99. The van der Waals surface area contributed by atoms with Gasteiger partial charge in [0.25, 0.3) is 0 Å². The molecule has 1 saturated carbocycles. The summed E-state index contributed by atoms with van der Waals surface area (Å²) in [6.07, 6.45) is 4.00. The van der Waals surface area contributed by atoms with Crippen LogP contribution in [0.3, 0.4) is 0 Å². The van der Waals surface area contributed by atoms with Crippen LogP contribution >= 0.6 is 11.8 Å². The molecule has 0 radical (unpaired) electrons. The molecule has 0 unspecified atom stereocenters. The summed E-state index contributed by atoms with van der Waals surface area (Å²) >= 11 is 1.67. The lowest BCUT2D eigenvalue weighted by Gasteiger charge is -1.98. The predicted molar refractivity (Wildman–Crippen MR) is 50.1 cm³/mol. The fourth-order valence-electron chi connectivity index (χ4n) is 0.964. The van der Waals surface area contributed by atoms with Crippen molar-refractivity contribution in [1.82, 2.24) is 4.98 Å². The second-order valence-corrected chi connectivity index (χ2v) is 4.33. The SMILES string of the molecule is O=C(O)c1ccnc(SC2CC2)c1. The minimum absolute atomic E-state index is 0.318. The van der Waals surface area contributed by atoms with E-state index in [4.69, 9.17) is 5.11 Å². The van der Waals surface area contributed by atoms with Crippen LogP contribution in [0.1, 0.15) is 23.2 Å². The first kappa shape index (κ1) is 8.56. The molecular weight excluding hydrogens is 186 g/mol. The number of carbonyl (C=O) groups is 1. The van der Waals surface area contributed by atoms with Crippen molar-refractivity contribution >= 4 is 17.7 Å². The Bertz CT molecular complexity index is 336. The maximum Gasteiger partial charge on any atom is 0.335 e. The summed E-state index contributed by atoms with van der Waals surface area (Å²) in [5.74, 6) is -0.889. The summed E-state index contributed by atoms with van der Waals surface area (Å²) in [6.45, 7) is 0. The van der Waals surface area contributed by atoms with Crippen LogP contribution in [0.25, 0.3) is 0 Å². The molecule has 2 rings (SSSR count). The van der Waals surface area contributed by atoms with Crippen molar-refractivity contribution in [1.29, 1.82) is 0 Å².